The van der Waals surface area contributed by atoms with Crippen molar-refractivity contribution in [2.45, 2.75) is 24.4 Å². The Morgan fingerprint density at radius 3 is 2.37 bits per heavy atom. The summed E-state index contributed by atoms with van der Waals surface area (Å²) in [5.74, 6) is -1.12. The highest BCUT2D eigenvalue weighted by molar-refractivity contribution is 6.17. The van der Waals surface area contributed by atoms with E-state index >= 15 is 0 Å². The Balaban J connectivity index is 1.54. The van der Waals surface area contributed by atoms with Crippen LogP contribution in [0.25, 0.3) is 6.08 Å². The minimum atomic E-state index is -1.40. The Bertz CT molecular complexity index is 1830. The second kappa shape index (κ2) is 9.98. The molecule has 4 aromatic rings. The van der Waals surface area contributed by atoms with Crippen LogP contribution in [0.5, 0.6) is 11.5 Å². The number of amides is 1. The lowest BCUT2D eigenvalue weighted by molar-refractivity contribution is -0.122. The van der Waals surface area contributed by atoms with Crippen molar-refractivity contribution >= 4 is 29.2 Å². The number of fused-ring (bicyclic) bond motifs is 6. The molecule has 7 heteroatoms. The quantitative estimate of drug-likeness (QED) is 0.287. The van der Waals surface area contributed by atoms with Crippen molar-refractivity contribution in [3.8, 4) is 11.5 Å². The molecule has 7 rings (SSSR count). The van der Waals surface area contributed by atoms with Crippen molar-refractivity contribution in [2.75, 3.05) is 19.5 Å². The minimum Gasteiger partial charge on any atom is -0.497 e. The molecule has 214 valence electrons. The molecule has 0 saturated carbocycles. The lowest BCUT2D eigenvalue weighted by Gasteiger charge is -2.38. The first kappa shape index (κ1) is 26.7. The first-order valence-electron chi connectivity index (χ1n) is 14.2. The third kappa shape index (κ3) is 3.77. The van der Waals surface area contributed by atoms with Gasteiger partial charge < -0.3 is 19.7 Å². The van der Waals surface area contributed by atoms with Crippen molar-refractivity contribution in [2.24, 2.45) is 5.92 Å². The summed E-state index contributed by atoms with van der Waals surface area (Å²) in [6, 6.07) is 26.1. The van der Waals surface area contributed by atoms with Crippen LogP contribution in [0.15, 0.2) is 97.2 Å². The largest absolute Gasteiger partial charge is 0.497 e. The van der Waals surface area contributed by atoms with Crippen molar-refractivity contribution in [3.05, 3.63) is 131 Å². The fourth-order valence-corrected chi connectivity index (χ4v) is 7.23. The van der Waals surface area contributed by atoms with Crippen molar-refractivity contribution in [1.82, 2.24) is 4.90 Å². The second-order valence-electron chi connectivity index (χ2n) is 11.2. The van der Waals surface area contributed by atoms with Gasteiger partial charge in [0.2, 0.25) is 5.91 Å². The predicted octanol–water partition coefficient (Wildman–Crippen LogP) is 5.99. The number of para-hydroxylation sites is 1. The van der Waals surface area contributed by atoms with Crippen LogP contribution in [0.2, 0.25) is 0 Å². The normalized spacial score (nSPS) is 22.9. The third-order valence-electron chi connectivity index (χ3n) is 9.13. The van der Waals surface area contributed by atoms with E-state index in [-0.39, 0.29) is 23.0 Å². The summed E-state index contributed by atoms with van der Waals surface area (Å²) in [6.07, 6.45) is 3.81. The van der Waals surface area contributed by atoms with Gasteiger partial charge in [-0.15, -0.1) is 0 Å². The molecule has 1 N–H and O–H groups in total. The smallest absolute Gasteiger partial charge is 0.238 e. The molecule has 0 aliphatic carbocycles. The zero-order valence-corrected chi connectivity index (χ0v) is 24.0. The number of ketones is 2. The summed E-state index contributed by atoms with van der Waals surface area (Å²) in [5, 5.41) is 3.08. The van der Waals surface area contributed by atoms with Gasteiger partial charge in [-0.3, -0.25) is 14.4 Å². The van der Waals surface area contributed by atoms with Gasteiger partial charge in [-0.05, 0) is 54.0 Å². The number of benzene rings is 4. The molecule has 43 heavy (non-hydrogen) atoms. The number of anilines is 1. The molecule has 0 bridgehead atoms. The van der Waals surface area contributed by atoms with E-state index in [0.29, 0.717) is 28.3 Å². The number of methoxy groups -OCH3 is 2. The first-order valence-corrected chi connectivity index (χ1v) is 14.2. The van der Waals surface area contributed by atoms with Gasteiger partial charge in [0, 0.05) is 17.5 Å². The van der Waals surface area contributed by atoms with Crippen LogP contribution in [0.3, 0.4) is 0 Å². The zero-order chi connectivity index (χ0) is 29.9. The topological polar surface area (TPSA) is 84.9 Å². The Hall–Kier alpha value is -5.17. The molecular formula is C36H30N2O5. The fourth-order valence-electron chi connectivity index (χ4n) is 7.23. The molecule has 4 atom stereocenters. The van der Waals surface area contributed by atoms with Crippen LogP contribution in [-0.4, -0.2) is 42.6 Å². The van der Waals surface area contributed by atoms with Gasteiger partial charge in [0.15, 0.2) is 11.6 Å². The van der Waals surface area contributed by atoms with Gasteiger partial charge in [0.1, 0.15) is 23.0 Å². The Labute approximate surface area is 249 Å². The van der Waals surface area contributed by atoms with Crippen LogP contribution in [0.1, 0.15) is 49.0 Å². The summed E-state index contributed by atoms with van der Waals surface area (Å²) in [7, 11) is 3.04. The lowest BCUT2D eigenvalue weighted by Crippen LogP contribution is -2.49. The maximum absolute atomic E-state index is 14.9. The Morgan fingerprint density at radius 2 is 1.60 bits per heavy atom. The molecule has 1 spiro atoms. The number of carbonyl (C=O) groups is 3. The molecular weight excluding hydrogens is 540 g/mol. The van der Waals surface area contributed by atoms with E-state index < -0.39 is 23.4 Å². The number of aryl methyl sites for hydroxylation is 1. The average Bonchev–Trinajstić information content (AvgIpc) is 3.52. The molecule has 1 saturated heterocycles. The van der Waals surface area contributed by atoms with Gasteiger partial charge in [-0.2, -0.15) is 0 Å². The highest BCUT2D eigenvalue weighted by Gasteiger charge is 2.70. The molecule has 3 heterocycles. The van der Waals surface area contributed by atoms with E-state index in [4.69, 9.17) is 9.47 Å². The second-order valence-corrected chi connectivity index (χ2v) is 11.2. The number of Topliss-reactive ketones (excluding diaryl/α,β-unsaturated/α-hetero) is 2. The summed E-state index contributed by atoms with van der Waals surface area (Å²) in [6.45, 7) is 1.95. The van der Waals surface area contributed by atoms with Crippen molar-refractivity contribution < 1.29 is 23.9 Å². The van der Waals surface area contributed by atoms with Gasteiger partial charge in [0.05, 0.1) is 31.7 Å². The maximum Gasteiger partial charge on any atom is 0.238 e. The number of nitrogens with one attached hydrogen (secondary N) is 1. The van der Waals surface area contributed by atoms with Crippen molar-refractivity contribution in [3.63, 3.8) is 0 Å². The number of carbonyl (C=O) groups excluding carboxylic acids is 3. The standard InChI is InChI=1S/C36H30N2O5/c1-21-12-14-23(15-13-21)32(39)30-31(33(40)26-20-24(42-2)16-17-29(26)43-3)38-19-18-22-8-4-5-9-25(22)34(38)36(30)27-10-6-7-11-28(27)37-35(36)41/h4-20,30-31,34H,1-3H3,(H,37,41)/t30-,31+,34+,36-/m1/s1. The SMILES string of the molecule is COc1ccc(OC)c(C(=O)[C@@H]2[C@H](C(=O)c3ccc(C)cc3)[C@@]3(C(=O)Nc4ccccc43)[C@@H]3c4ccccc4C=CN23)c1. The van der Waals surface area contributed by atoms with E-state index in [1.54, 1.807) is 30.3 Å². The molecule has 1 amide bonds. The third-order valence-corrected chi connectivity index (χ3v) is 9.13. The summed E-state index contributed by atoms with van der Waals surface area (Å²) >= 11 is 0. The molecule has 0 radical (unpaired) electrons. The monoisotopic (exact) mass is 570 g/mol. The predicted molar refractivity (Wildman–Crippen MR) is 163 cm³/mol. The van der Waals surface area contributed by atoms with E-state index in [1.807, 2.05) is 84.8 Å². The summed E-state index contributed by atoms with van der Waals surface area (Å²) < 4.78 is 11.1. The van der Waals surface area contributed by atoms with Crippen LogP contribution in [0, 0.1) is 12.8 Å². The number of rotatable bonds is 6. The van der Waals surface area contributed by atoms with Gasteiger partial charge in [0.25, 0.3) is 0 Å². The molecule has 3 aliphatic heterocycles. The van der Waals surface area contributed by atoms with Crippen LogP contribution in [-0.2, 0) is 10.2 Å². The maximum atomic E-state index is 14.9. The lowest BCUT2D eigenvalue weighted by atomic mass is 9.62. The zero-order valence-electron chi connectivity index (χ0n) is 24.0. The number of hydrogen-bond donors (Lipinski definition) is 1. The number of nitrogens with zero attached hydrogens (tertiary/aromatic N) is 1. The molecule has 7 nitrogen and oxygen atoms in total. The van der Waals surface area contributed by atoms with E-state index in [1.165, 1.54) is 14.2 Å². The number of ether oxygens (including phenoxy) is 2. The first-order chi connectivity index (χ1) is 20.9. The highest BCUT2D eigenvalue weighted by atomic mass is 16.5. The van der Waals surface area contributed by atoms with Crippen LogP contribution in [0.4, 0.5) is 5.69 Å². The van der Waals surface area contributed by atoms with Crippen molar-refractivity contribution in [1.29, 1.82) is 0 Å². The molecule has 3 aliphatic rings. The van der Waals surface area contributed by atoms with Gasteiger partial charge in [-0.25, -0.2) is 0 Å². The molecule has 1 fully saturated rings. The average molecular weight is 571 g/mol. The highest BCUT2D eigenvalue weighted by Crippen LogP contribution is 2.62. The van der Waals surface area contributed by atoms with Crippen LogP contribution >= 0.6 is 0 Å². The van der Waals surface area contributed by atoms with Gasteiger partial charge in [-0.1, -0.05) is 72.3 Å². The molecule has 0 unspecified atom stereocenters. The van der Waals surface area contributed by atoms with Gasteiger partial charge >= 0.3 is 0 Å². The van der Waals surface area contributed by atoms with E-state index in [9.17, 15) is 14.4 Å². The summed E-state index contributed by atoms with van der Waals surface area (Å²) in [4.78, 5) is 46.3. The number of hydrogen-bond acceptors (Lipinski definition) is 6. The van der Waals surface area contributed by atoms with E-state index in [2.05, 4.69) is 5.32 Å². The Morgan fingerprint density at radius 1 is 0.860 bits per heavy atom. The Kier molecular flexibility index (Phi) is 6.20. The summed E-state index contributed by atoms with van der Waals surface area (Å²) in [5.41, 5.74) is 3.51. The van der Waals surface area contributed by atoms with E-state index in [0.717, 1.165) is 16.7 Å². The fraction of sp³-hybridized carbons (Fsp3) is 0.194. The molecule has 4 aromatic carbocycles. The minimum absolute atomic E-state index is 0.271. The molecule has 0 aromatic heterocycles. The van der Waals surface area contributed by atoms with Crippen LogP contribution < -0.4 is 14.8 Å².